The fourth-order valence-corrected chi connectivity index (χ4v) is 2.57. The van der Waals surface area contributed by atoms with Crippen molar-refractivity contribution < 1.29 is 14.5 Å². The summed E-state index contributed by atoms with van der Waals surface area (Å²) >= 11 is 11.1. The van der Waals surface area contributed by atoms with Crippen LogP contribution < -0.4 is 15.4 Å². The molecule has 27 heavy (non-hydrogen) atoms. The van der Waals surface area contributed by atoms with Crippen LogP contribution in [0.25, 0.3) is 0 Å². The van der Waals surface area contributed by atoms with Crippen LogP contribution in [0.4, 0.5) is 11.4 Å². The van der Waals surface area contributed by atoms with Gasteiger partial charge in [0.2, 0.25) is 0 Å². The number of carbonyl (C=O) groups excluding carboxylic acids is 1. The van der Waals surface area contributed by atoms with E-state index < -0.39 is 10.8 Å². The fourth-order valence-electron chi connectivity index (χ4n) is 2.15. The Morgan fingerprint density at radius 2 is 2.04 bits per heavy atom. The Labute approximate surface area is 166 Å². The molecular formula is C18H18ClN3O4S. The number of carbonyl (C=O) groups is 1. The Kier molecular flexibility index (Phi) is 7.51. The molecule has 0 aliphatic carbocycles. The van der Waals surface area contributed by atoms with E-state index >= 15 is 0 Å². The summed E-state index contributed by atoms with van der Waals surface area (Å²) in [6.07, 6.45) is 1.87. The van der Waals surface area contributed by atoms with Crippen LogP contribution in [0.15, 0.2) is 42.5 Å². The third kappa shape index (κ3) is 5.90. The SMILES string of the molecule is CCCCOc1ccccc1C(=O)NC(=S)Nc1ccc([N+](=O)[O-])cc1Cl. The van der Waals surface area contributed by atoms with Crippen molar-refractivity contribution in [2.45, 2.75) is 19.8 Å². The van der Waals surface area contributed by atoms with Gasteiger partial charge in [0.15, 0.2) is 5.11 Å². The van der Waals surface area contributed by atoms with Gasteiger partial charge in [0.25, 0.3) is 11.6 Å². The van der Waals surface area contributed by atoms with E-state index in [0.717, 1.165) is 12.8 Å². The molecule has 2 rings (SSSR count). The Hall–Kier alpha value is -2.71. The summed E-state index contributed by atoms with van der Waals surface area (Å²) in [7, 11) is 0. The molecule has 0 atom stereocenters. The minimum absolute atomic E-state index is 0.0131. The van der Waals surface area contributed by atoms with Gasteiger partial charge in [-0.05, 0) is 36.8 Å². The summed E-state index contributed by atoms with van der Waals surface area (Å²) in [6, 6.07) is 10.8. The summed E-state index contributed by atoms with van der Waals surface area (Å²) in [6.45, 7) is 2.57. The highest BCUT2D eigenvalue weighted by molar-refractivity contribution is 7.80. The van der Waals surface area contributed by atoms with Gasteiger partial charge in [0.1, 0.15) is 5.75 Å². The van der Waals surface area contributed by atoms with Crippen LogP contribution >= 0.6 is 23.8 Å². The third-order valence-corrected chi connectivity index (χ3v) is 4.04. The zero-order valence-electron chi connectivity index (χ0n) is 14.5. The number of para-hydroxylation sites is 1. The van der Waals surface area contributed by atoms with Crippen molar-refractivity contribution in [1.29, 1.82) is 0 Å². The number of non-ortho nitro benzene ring substituents is 1. The van der Waals surface area contributed by atoms with Gasteiger partial charge in [-0.3, -0.25) is 20.2 Å². The molecule has 0 fully saturated rings. The summed E-state index contributed by atoms with van der Waals surface area (Å²) in [5.41, 5.74) is 0.561. The molecule has 0 aromatic heterocycles. The Morgan fingerprint density at radius 3 is 2.70 bits per heavy atom. The summed E-state index contributed by atoms with van der Waals surface area (Å²) in [4.78, 5) is 22.7. The molecule has 0 aliphatic heterocycles. The lowest BCUT2D eigenvalue weighted by molar-refractivity contribution is -0.384. The van der Waals surface area contributed by atoms with Crippen LogP contribution in [0.2, 0.25) is 5.02 Å². The molecule has 1 amide bonds. The first-order chi connectivity index (χ1) is 12.9. The highest BCUT2D eigenvalue weighted by Gasteiger charge is 2.15. The number of hydrogen-bond donors (Lipinski definition) is 2. The lowest BCUT2D eigenvalue weighted by Gasteiger charge is -2.13. The largest absolute Gasteiger partial charge is 0.493 e. The number of anilines is 1. The molecule has 0 radical (unpaired) electrons. The average molecular weight is 408 g/mol. The maximum atomic E-state index is 12.5. The second-order valence-corrected chi connectivity index (χ2v) is 6.34. The van der Waals surface area contributed by atoms with E-state index in [1.54, 1.807) is 24.3 Å². The zero-order valence-corrected chi connectivity index (χ0v) is 16.1. The molecule has 2 N–H and O–H groups in total. The molecule has 142 valence electrons. The van der Waals surface area contributed by atoms with Crippen LogP contribution in [0.5, 0.6) is 5.75 Å². The quantitative estimate of drug-likeness (QED) is 0.302. The molecule has 7 nitrogen and oxygen atoms in total. The van der Waals surface area contributed by atoms with Gasteiger partial charge in [0.05, 0.1) is 27.8 Å². The number of nitrogens with zero attached hydrogens (tertiary/aromatic N) is 1. The van der Waals surface area contributed by atoms with Crippen molar-refractivity contribution in [2.24, 2.45) is 0 Å². The fraction of sp³-hybridized carbons (Fsp3) is 0.222. The molecule has 0 aliphatic rings. The number of hydrogen-bond acceptors (Lipinski definition) is 5. The first-order valence-corrected chi connectivity index (χ1v) is 8.99. The minimum atomic E-state index is -0.550. The van der Waals surface area contributed by atoms with Gasteiger partial charge in [-0.25, -0.2) is 0 Å². The molecule has 9 heteroatoms. The first-order valence-electron chi connectivity index (χ1n) is 8.20. The topological polar surface area (TPSA) is 93.5 Å². The predicted octanol–water partition coefficient (Wildman–Crippen LogP) is 4.55. The molecule has 0 unspecified atom stereocenters. The number of rotatable bonds is 7. The number of thiocarbonyl (C=S) groups is 1. The van der Waals surface area contributed by atoms with Crippen molar-refractivity contribution >= 4 is 46.2 Å². The van der Waals surface area contributed by atoms with E-state index in [4.69, 9.17) is 28.6 Å². The number of benzene rings is 2. The van der Waals surface area contributed by atoms with Crippen molar-refractivity contribution in [3.8, 4) is 5.75 Å². The van der Waals surface area contributed by atoms with Gasteiger partial charge in [-0.2, -0.15) is 0 Å². The van der Waals surface area contributed by atoms with Crippen molar-refractivity contribution in [1.82, 2.24) is 5.32 Å². The molecule has 0 bridgehead atoms. The Balaban J connectivity index is 2.04. The number of nitro benzene ring substituents is 1. The number of ether oxygens (including phenoxy) is 1. The molecule has 0 spiro atoms. The van der Waals surface area contributed by atoms with E-state index in [-0.39, 0.29) is 15.8 Å². The monoisotopic (exact) mass is 407 g/mol. The zero-order chi connectivity index (χ0) is 19.8. The van der Waals surface area contributed by atoms with Gasteiger partial charge in [-0.15, -0.1) is 0 Å². The molecule has 0 saturated heterocycles. The first kappa shape index (κ1) is 20.6. The van der Waals surface area contributed by atoms with Crippen molar-refractivity contribution in [3.63, 3.8) is 0 Å². The Bertz CT molecular complexity index is 860. The van der Waals surface area contributed by atoms with Crippen LogP contribution in [0, 0.1) is 10.1 Å². The standard InChI is InChI=1S/C18H18ClN3O4S/c1-2-3-10-26-16-7-5-4-6-13(16)17(23)21-18(27)20-15-9-8-12(22(24)25)11-14(15)19/h4-9,11H,2-3,10H2,1H3,(H2,20,21,23,27). The van der Waals surface area contributed by atoms with Gasteiger partial charge < -0.3 is 10.1 Å². The van der Waals surface area contributed by atoms with Crippen molar-refractivity contribution in [2.75, 3.05) is 11.9 Å². The van der Waals surface area contributed by atoms with Gasteiger partial charge in [-0.1, -0.05) is 37.1 Å². The lowest BCUT2D eigenvalue weighted by atomic mass is 10.2. The number of amides is 1. The summed E-state index contributed by atoms with van der Waals surface area (Å²) in [5, 5.41) is 16.2. The smallest absolute Gasteiger partial charge is 0.271 e. The van der Waals surface area contributed by atoms with Crippen LogP contribution in [-0.4, -0.2) is 22.5 Å². The van der Waals surface area contributed by atoms with E-state index in [0.29, 0.717) is 23.6 Å². The lowest BCUT2D eigenvalue weighted by Crippen LogP contribution is -2.34. The van der Waals surface area contributed by atoms with E-state index in [2.05, 4.69) is 17.6 Å². The van der Waals surface area contributed by atoms with E-state index in [1.807, 2.05) is 0 Å². The van der Waals surface area contributed by atoms with Gasteiger partial charge >= 0.3 is 0 Å². The normalized spacial score (nSPS) is 10.1. The molecule has 2 aromatic rings. The molecule has 2 aromatic carbocycles. The third-order valence-electron chi connectivity index (χ3n) is 3.53. The summed E-state index contributed by atoms with van der Waals surface area (Å²) in [5.74, 6) is 0.0391. The highest BCUT2D eigenvalue weighted by Crippen LogP contribution is 2.26. The second kappa shape index (κ2) is 9.84. The summed E-state index contributed by atoms with van der Waals surface area (Å²) < 4.78 is 5.64. The molecule has 0 saturated carbocycles. The molecule has 0 heterocycles. The Morgan fingerprint density at radius 1 is 1.30 bits per heavy atom. The molecular weight excluding hydrogens is 390 g/mol. The van der Waals surface area contributed by atoms with Gasteiger partial charge in [0, 0.05) is 12.1 Å². The minimum Gasteiger partial charge on any atom is -0.493 e. The maximum absolute atomic E-state index is 12.5. The van der Waals surface area contributed by atoms with Crippen LogP contribution in [-0.2, 0) is 0 Å². The highest BCUT2D eigenvalue weighted by atomic mass is 35.5. The number of nitrogens with one attached hydrogen (secondary N) is 2. The number of unbranched alkanes of at least 4 members (excludes halogenated alkanes) is 1. The number of nitro groups is 1. The van der Waals surface area contributed by atoms with E-state index in [9.17, 15) is 14.9 Å². The predicted molar refractivity (Wildman–Crippen MR) is 109 cm³/mol. The average Bonchev–Trinajstić information content (AvgIpc) is 2.63. The van der Waals surface area contributed by atoms with E-state index in [1.165, 1.54) is 18.2 Å². The van der Waals surface area contributed by atoms with Crippen LogP contribution in [0.3, 0.4) is 0 Å². The number of halogens is 1. The van der Waals surface area contributed by atoms with Crippen molar-refractivity contribution in [3.05, 3.63) is 63.2 Å². The van der Waals surface area contributed by atoms with Crippen LogP contribution in [0.1, 0.15) is 30.1 Å². The second-order valence-electron chi connectivity index (χ2n) is 5.53. The maximum Gasteiger partial charge on any atom is 0.271 e.